The predicted octanol–water partition coefficient (Wildman–Crippen LogP) is 3.40. The predicted molar refractivity (Wildman–Crippen MR) is 79.4 cm³/mol. The summed E-state index contributed by atoms with van der Waals surface area (Å²) < 4.78 is 29.4. The lowest BCUT2D eigenvalue weighted by Gasteiger charge is -2.15. The minimum Gasteiger partial charge on any atom is -0.324 e. The zero-order valence-corrected chi connectivity index (χ0v) is 12.7. The van der Waals surface area contributed by atoms with Gasteiger partial charge in [-0.15, -0.1) is 11.6 Å². The zero-order chi connectivity index (χ0) is 15.0. The molecule has 1 fully saturated rings. The van der Waals surface area contributed by atoms with Crippen molar-refractivity contribution in [2.24, 2.45) is 5.92 Å². The van der Waals surface area contributed by atoms with Crippen LogP contribution in [0.2, 0.25) is 0 Å². The molecule has 0 saturated carbocycles. The summed E-state index contributed by atoms with van der Waals surface area (Å²) in [5.41, 5.74) is 0.704. The van der Waals surface area contributed by atoms with Crippen LogP contribution in [0.15, 0.2) is 12.1 Å². The van der Waals surface area contributed by atoms with Crippen LogP contribution in [0.4, 0.5) is 8.78 Å². The summed E-state index contributed by atoms with van der Waals surface area (Å²) >= 11 is 5.93. The van der Waals surface area contributed by atoms with E-state index in [1.807, 2.05) is 0 Å². The third-order valence-corrected chi connectivity index (χ3v) is 4.50. The molecule has 0 bridgehead atoms. The van der Waals surface area contributed by atoms with Gasteiger partial charge in [-0.1, -0.05) is 6.92 Å². The fourth-order valence-corrected chi connectivity index (χ4v) is 3.32. The fourth-order valence-electron chi connectivity index (χ4n) is 3.11. The van der Waals surface area contributed by atoms with Crippen molar-refractivity contribution in [3.05, 3.63) is 29.6 Å². The van der Waals surface area contributed by atoms with E-state index in [0.717, 1.165) is 32.1 Å². The number of fused-ring (bicyclic) bond motifs is 1. The molecule has 1 unspecified atom stereocenters. The van der Waals surface area contributed by atoms with E-state index in [1.165, 1.54) is 6.07 Å². The summed E-state index contributed by atoms with van der Waals surface area (Å²) in [7, 11) is 0. The summed E-state index contributed by atoms with van der Waals surface area (Å²) in [4.78, 5) is 6.69. The number of halogens is 3. The second kappa shape index (κ2) is 5.89. The van der Waals surface area contributed by atoms with Gasteiger partial charge in [0.05, 0.1) is 11.4 Å². The molecule has 1 aromatic heterocycles. The van der Waals surface area contributed by atoms with E-state index < -0.39 is 11.6 Å². The summed E-state index contributed by atoms with van der Waals surface area (Å²) in [6.45, 7) is 5.83. The third-order valence-electron chi connectivity index (χ3n) is 4.26. The molecular formula is C15H18ClF2N3. The molecule has 0 amide bonds. The smallest absolute Gasteiger partial charge is 0.184 e. The van der Waals surface area contributed by atoms with Crippen LogP contribution < -0.4 is 0 Å². The van der Waals surface area contributed by atoms with Crippen molar-refractivity contribution in [1.29, 1.82) is 0 Å². The van der Waals surface area contributed by atoms with Gasteiger partial charge in [0.1, 0.15) is 11.3 Å². The molecule has 2 heterocycles. The first-order chi connectivity index (χ1) is 10.1. The van der Waals surface area contributed by atoms with Gasteiger partial charge in [0.25, 0.3) is 0 Å². The van der Waals surface area contributed by atoms with Crippen molar-refractivity contribution >= 4 is 22.6 Å². The molecule has 1 aromatic carbocycles. The first-order valence-corrected chi connectivity index (χ1v) is 7.79. The number of nitrogens with zero attached hydrogens (tertiary/aromatic N) is 3. The molecule has 1 aliphatic rings. The van der Waals surface area contributed by atoms with E-state index in [-0.39, 0.29) is 11.4 Å². The largest absolute Gasteiger partial charge is 0.324 e. The van der Waals surface area contributed by atoms with Crippen LogP contribution >= 0.6 is 11.6 Å². The van der Waals surface area contributed by atoms with E-state index in [4.69, 9.17) is 11.6 Å². The molecule has 21 heavy (non-hydrogen) atoms. The van der Waals surface area contributed by atoms with Crippen LogP contribution in [-0.2, 0) is 12.4 Å². The Labute approximate surface area is 127 Å². The molecule has 0 N–H and O–H groups in total. The van der Waals surface area contributed by atoms with Gasteiger partial charge >= 0.3 is 0 Å². The quantitative estimate of drug-likeness (QED) is 0.807. The fraction of sp³-hybridized carbons (Fsp3) is 0.533. The normalized spacial score (nSPS) is 19.7. The monoisotopic (exact) mass is 313 g/mol. The second-order valence-corrected chi connectivity index (χ2v) is 5.82. The molecule has 6 heteroatoms. The average Bonchev–Trinajstić information content (AvgIpc) is 3.08. The molecular weight excluding hydrogens is 296 g/mol. The molecule has 1 atom stereocenters. The summed E-state index contributed by atoms with van der Waals surface area (Å²) in [5.74, 6) is -0.453. The van der Waals surface area contributed by atoms with Crippen LogP contribution in [0.5, 0.6) is 0 Å². The Bertz CT molecular complexity index is 656. The molecule has 1 saturated heterocycles. The lowest BCUT2D eigenvalue weighted by molar-refractivity contribution is 0.332. The maximum absolute atomic E-state index is 14.1. The summed E-state index contributed by atoms with van der Waals surface area (Å²) in [6.07, 6.45) is 1.06. The lowest BCUT2D eigenvalue weighted by atomic mass is 10.1. The van der Waals surface area contributed by atoms with Gasteiger partial charge in [-0.25, -0.2) is 13.8 Å². The van der Waals surface area contributed by atoms with E-state index in [1.54, 1.807) is 4.57 Å². The first kappa shape index (κ1) is 14.7. The molecule has 3 rings (SSSR count). The number of aromatic nitrogens is 2. The van der Waals surface area contributed by atoms with Crippen molar-refractivity contribution in [3.8, 4) is 0 Å². The standard InChI is InChI=1S/C15H18ClF2N3/c1-2-20-6-5-10(8-20)9-21-13(7-16)19-12-4-3-11(17)14(18)15(12)21/h3-4,10H,2,5-9H2,1H3. The lowest BCUT2D eigenvalue weighted by Crippen LogP contribution is -2.21. The van der Waals surface area contributed by atoms with Gasteiger partial charge in [-0.2, -0.15) is 0 Å². The van der Waals surface area contributed by atoms with Crippen molar-refractivity contribution in [3.63, 3.8) is 0 Å². The number of hydrogen-bond acceptors (Lipinski definition) is 2. The minimum absolute atomic E-state index is 0.194. The van der Waals surface area contributed by atoms with Crippen LogP contribution in [0.25, 0.3) is 11.0 Å². The highest BCUT2D eigenvalue weighted by Gasteiger charge is 2.24. The number of rotatable bonds is 4. The van der Waals surface area contributed by atoms with Crippen LogP contribution in [0, 0.1) is 17.6 Å². The highest BCUT2D eigenvalue weighted by atomic mass is 35.5. The molecule has 3 nitrogen and oxygen atoms in total. The van der Waals surface area contributed by atoms with E-state index >= 15 is 0 Å². The first-order valence-electron chi connectivity index (χ1n) is 7.25. The van der Waals surface area contributed by atoms with Crippen LogP contribution in [0.1, 0.15) is 19.2 Å². The second-order valence-electron chi connectivity index (χ2n) is 5.55. The Morgan fingerprint density at radius 2 is 2.19 bits per heavy atom. The van der Waals surface area contributed by atoms with Crippen molar-refractivity contribution in [1.82, 2.24) is 14.5 Å². The summed E-state index contributed by atoms with van der Waals surface area (Å²) in [6, 6.07) is 2.62. The van der Waals surface area contributed by atoms with Gasteiger partial charge in [0, 0.05) is 13.1 Å². The molecule has 0 spiro atoms. The minimum atomic E-state index is -0.841. The SMILES string of the molecule is CCN1CCC(Cn2c(CCl)nc3ccc(F)c(F)c32)C1. The van der Waals surface area contributed by atoms with Gasteiger partial charge in [-0.3, -0.25) is 0 Å². The van der Waals surface area contributed by atoms with E-state index in [0.29, 0.717) is 23.8 Å². The van der Waals surface area contributed by atoms with Gasteiger partial charge in [-0.05, 0) is 37.6 Å². The zero-order valence-electron chi connectivity index (χ0n) is 12.0. The number of likely N-dealkylation sites (tertiary alicyclic amines) is 1. The molecule has 114 valence electrons. The molecule has 0 radical (unpaired) electrons. The van der Waals surface area contributed by atoms with Crippen LogP contribution in [0.3, 0.4) is 0 Å². The van der Waals surface area contributed by atoms with Crippen molar-refractivity contribution in [2.45, 2.75) is 25.8 Å². The van der Waals surface area contributed by atoms with Gasteiger partial charge in [0.15, 0.2) is 11.6 Å². The molecule has 0 aliphatic carbocycles. The van der Waals surface area contributed by atoms with Crippen molar-refractivity contribution < 1.29 is 8.78 Å². The maximum Gasteiger partial charge on any atom is 0.184 e. The molecule has 1 aliphatic heterocycles. The Hall–Kier alpha value is -1.20. The van der Waals surface area contributed by atoms with Crippen molar-refractivity contribution in [2.75, 3.05) is 19.6 Å². The Kier molecular flexibility index (Phi) is 4.13. The number of alkyl halides is 1. The maximum atomic E-state index is 14.1. The molecule has 2 aromatic rings. The Balaban J connectivity index is 1.98. The number of hydrogen-bond donors (Lipinski definition) is 0. The van der Waals surface area contributed by atoms with Gasteiger partial charge in [0.2, 0.25) is 0 Å². The van der Waals surface area contributed by atoms with Crippen LogP contribution in [-0.4, -0.2) is 34.1 Å². The average molecular weight is 314 g/mol. The highest BCUT2D eigenvalue weighted by molar-refractivity contribution is 6.16. The number of imidazole rings is 1. The van der Waals surface area contributed by atoms with E-state index in [2.05, 4.69) is 16.8 Å². The Morgan fingerprint density at radius 1 is 1.38 bits per heavy atom. The topological polar surface area (TPSA) is 21.1 Å². The van der Waals surface area contributed by atoms with Gasteiger partial charge < -0.3 is 9.47 Å². The Morgan fingerprint density at radius 3 is 2.86 bits per heavy atom. The highest BCUT2D eigenvalue weighted by Crippen LogP contribution is 2.26. The number of benzene rings is 1. The summed E-state index contributed by atoms with van der Waals surface area (Å²) in [5, 5.41) is 0. The van der Waals surface area contributed by atoms with E-state index in [9.17, 15) is 8.78 Å². The third kappa shape index (κ3) is 2.64.